The molecule has 1 rings (SSSR count). The Labute approximate surface area is 103 Å². The molecule has 0 aliphatic rings. The maximum absolute atomic E-state index is 12.4. The minimum absolute atomic E-state index is 0.0940. The molecule has 0 saturated heterocycles. The molecular weight excluding hydrogens is 214 g/mol. The standard InChI is InChI=1S/C13H23N3O/c1-6-9(3)8-16(7-2)13(17)12-10(4)14-15-11(12)5/h9H,6-8H2,1-5H3,(H,14,15). The van der Waals surface area contributed by atoms with Gasteiger partial charge in [0.1, 0.15) is 0 Å². The first kappa shape index (κ1) is 13.7. The normalized spacial score (nSPS) is 12.5. The van der Waals surface area contributed by atoms with Crippen LogP contribution in [0.15, 0.2) is 0 Å². The van der Waals surface area contributed by atoms with E-state index >= 15 is 0 Å². The fourth-order valence-electron chi connectivity index (χ4n) is 1.89. The van der Waals surface area contributed by atoms with E-state index in [0.29, 0.717) is 5.92 Å². The first-order valence-electron chi connectivity index (χ1n) is 6.32. The molecule has 0 spiro atoms. The van der Waals surface area contributed by atoms with Crippen LogP contribution in [0.5, 0.6) is 0 Å². The summed E-state index contributed by atoms with van der Waals surface area (Å²) in [6.45, 7) is 11.7. The van der Waals surface area contributed by atoms with Gasteiger partial charge in [-0.1, -0.05) is 20.3 Å². The summed E-state index contributed by atoms with van der Waals surface area (Å²) >= 11 is 0. The van der Waals surface area contributed by atoms with E-state index in [9.17, 15) is 4.79 Å². The summed E-state index contributed by atoms with van der Waals surface area (Å²) in [7, 11) is 0. The molecule has 1 atom stereocenters. The van der Waals surface area contributed by atoms with Gasteiger partial charge in [0.2, 0.25) is 0 Å². The largest absolute Gasteiger partial charge is 0.339 e. The van der Waals surface area contributed by atoms with Crippen molar-refractivity contribution in [1.29, 1.82) is 0 Å². The van der Waals surface area contributed by atoms with Crippen LogP contribution in [0.3, 0.4) is 0 Å². The van der Waals surface area contributed by atoms with E-state index in [0.717, 1.165) is 36.5 Å². The first-order chi connectivity index (χ1) is 8.01. The molecule has 0 fully saturated rings. The molecule has 4 nitrogen and oxygen atoms in total. The van der Waals surface area contributed by atoms with E-state index in [1.807, 2.05) is 25.7 Å². The van der Waals surface area contributed by atoms with E-state index in [4.69, 9.17) is 0 Å². The van der Waals surface area contributed by atoms with Gasteiger partial charge in [0.15, 0.2) is 0 Å². The monoisotopic (exact) mass is 237 g/mol. The molecule has 1 aromatic rings. The fourth-order valence-corrected chi connectivity index (χ4v) is 1.89. The molecule has 0 bridgehead atoms. The van der Waals surface area contributed by atoms with Crippen molar-refractivity contribution in [3.05, 3.63) is 17.0 Å². The van der Waals surface area contributed by atoms with Gasteiger partial charge < -0.3 is 4.90 Å². The Morgan fingerprint density at radius 2 is 2.06 bits per heavy atom. The van der Waals surface area contributed by atoms with Gasteiger partial charge in [-0.2, -0.15) is 5.10 Å². The van der Waals surface area contributed by atoms with Crippen LogP contribution in [0.1, 0.15) is 48.9 Å². The number of aromatic amines is 1. The minimum atomic E-state index is 0.0940. The van der Waals surface area contributed by atoms with Gasteiger partial charge >= 0.3 is 0 Å². The molecule has 1 aromatic heterocycles. The third-order valence-electron chi connectivity index (χ3n) is 3.24. The highest BCUT2D eigenvalue weighted by atomic mass is 16.2. The van der Waals surface area contributed by atoms with Crippen molar-refractivity contribution < 1.29 is 4.79 Å². The number of nitrogens with zero attached hydrogens (tertiary/aromatic N) is 2. The Balaban J connectivity index is 2.86. The van der Waals surface area contributed by atoms with Crippen molar-refractivity contribution in [2.75, 3.05) is 13.1 Å². The van der Waals surface area contributed by atoms with E-state index in [2.05, 4.69) is 24.0 Å². The lowest BCUT2D eigenvalue weighted by Gasteiger charge is -2.24. The highest BCUT2D eigenvalue weighted by molar-refractivity contribution is 5.96. The number of carbonyl (C=O) groups excluding carboxylic acids is 1. The van der Waals surface area contributed by atoms with Crippen molar-refractivity contribution in [2.24, 2.45) is 5.92 Å². The highest BCUT2D eigenvalue weighted by Gasteiger charge is 2.21. The van der Waals surface area contributed by atoms with E-state index in [1.165, 1.54) is 0 Å². The maximum Gasteiger partial charge on any atom is 0.257 e. The average molecular weight is 237 g/mol. The Bertz CT molecular complexity index is 365. The molecule has 1 unspecified atom stereocenters. The molecule has 1 heterocycles. The lowest BCUT2D eigenvalue weighted by Crippen LogP contribution is -2.35. The number of aryl methyl sites for hydroxylation is 2. The second-order valence-electron chi connectivity index (χ2n) is 4.67. The molecule has 0 aromatic carbocycles. The maximum atomic E-state index is 12.4. The van der Waals surface area contributed by atoms with Gasteiger partial charge in [-0.05, 0) is 26.7 Å². The Morgan fingerprint density at radius 1 is 1.41 bits per heavy atom. The van der Waals surface area contributed by atoms with Gasteiger partial charge in [0.05, 0.1) is 11.3 Å². The molecule has 0 aliphatic carbocycles. The van der Waals surface area contributed by atoms with E-state index < -0.39 is 0 Å². The Kier molecular flexibility index (Phi) is 4.73. The van der Waals surface area contributed by atoms with Gasteiger partial charge in [-0.25, -0.2) is 0 Å². The lowest BCUT2D eigenvalue weighted by molar-refractivity contribution is 0.0739. The zero-order valence-electron chi connectivity index (χ0n) is 11.5. The van der Waals surface area contributed by atoms with Crippen LogP contribution in [0.2, 0.25) is 0 Å². The molecule has 0 saturated carbocycles. The summed E-state index contributed by atoms with van der Waals surface area (Å²) < 4.78 is 0. The van der Waals surface area contributed by atoms with Crippen LogP contribution in [0, 0.1) is 19.8 Å². The van der Waals surface area contributed by atoms with Crippen molar-refractivity contribution in [1.82, 2.24) is 15.1 Å². The van der Waals surface area contributed by atoms with Gasteiger partial charge in [-0.3, -0.25) is 9.89 Å². The van der Waals surface area contributed by atoms with Crippen LogP contribution in [0.4, 0.5) is 0 Å². The number of amides is 1. The SMILES string of the molecule is CCC(C)CN(CC)C(=O)c1c(C)n[nH]c1C. The topological polar surface area (TPSA) is 49.0 Å². The third-order valence-corrected chi connectivity index (χ3v) is 3.24. The van der Waals surface area contributed by atoms with Crippen molar-refractivity contribution in [3.63, 3.8) is 0 Å². The lowest BCUT2D eigenvalue weighted by atomic mass is 10.1. The van der Waals surface area contributed by atoms with Crippen LogP contribution in [-0.2, 0) is 0 Å². The van der Waals surface area contributed by atoms with Crippen LogP contribution in [-0.4, -0.2) is 34.1 Å². The number of hydrogen-bond acceptors (Lipinski definition) is 2. The van der Waals surface area contributed by atoms with Crippen molar-refractivity contribution in [2.45, 2.75) is 41.0 Å². The summed E-state index contributed by atoms with van der Waals surface area (Å²) in [6.07, 6.45) is 1.09. The van der Waals surface area contributed by atoms with Crippen molar-refractivity contribution in [3.8, 4) is 0 Å². The number of rotatable bonds is 5. The van der Waals surface area contributed by atoms with E-state index in [1.54, 1.807) is 0 Å². The zero-order valence-corrected chi connectivity index (χ0v) is 11.5. The quantitative estimate of drug-likeness (QED) is 0.855. The number of carbonyl (C=O) groups is 1. The predicted octanol–water partition coefficient (Wildman–Crippen LogP) is 2.53. The highest BCUT2D eigenvalue weighted by Crippen LogP contribution is 2.14. The Hall–Kier alpha value is -1.32. The Morgan fingerprint density at radius 3 is 2.47 bits per heavy atom. The molecular formula is C13H23N3O. The number of aromatic nitrogens is 2. The van der Waals surface area contributed by atoms with Crippen LogP contribution < -0.4 is 0 Å². The molecule has 96 valence electrons. The summed E-state index contributed by atoms with van der Waals surface area (Å²) in [5.74, 6) is 0.628. The van der Waals surface area contributed by atoms with Gasteiger partial charge in [0, 0.05) is 18.8 Å². The fraction of sp³-hybridized carbons (Fsp3) is 0.692. The first-order valence-corrected chi connectivity index (χ1v) is 6.32. The summed E-state index contributed by atoms with van der Waals surface area (Å²) in [5, 5.41) is 6.95. The molecule has 0 radical (unpaired) electrons. The predicted molar refractivity (Wildman–Crippen MR) is 69.1 cm³/mol. The summed E-state index contributed by atoms with van der Waals surface area (Å²) in [5.41, 5.74) is 2.38. The van der Waals surface area contributed by atoms with E-state index in [-0.39, 0.29) is 5.91 Å². The second kappa shape index (κ2) is 5.84. The smallest absolute Gasteiger partial charge is 0.257 e. The van der Waals surface area contributed by atoms with Crippen LogP contribution >= 0.6 is 0 Å². The molecule has 17 heavy (non-hydrogen) atoms. The van der Waals surface area contributed by atoms with Gasteiger partial charge in [-0.15, -0.1) is 0 Å². The number of nitrogens with one attached hydrogen (secondary N) is 1. The second-order valence-corrected chi connectivity index (χ2v) is 4.67. The van der Waals surface area contributed by atoms with Gasteiger partial charge in [0.25, 0.3) is 5.91 Å². The summed E-state index contributed by atoms with van der Waals surface area (Å²) in [6, 6.07) is 0. The molecule has 0 aliphatic heterocycles. The minimum Gasteiger partial charge on any atom is -0.339 e. The summed E-state index contributed by atoms with van der Waals surface area (Å²) in [4.78, 5) is 14.3. The number of H-pyrrole nitrogens is 1. The van der Waals surface area contributed by atoms with Crippen LogP contribution in [0.25, 0.3) is 0 Å². The molecule has 1 N–H and O–H groups in total. The van der Waals surface area contributed by atoms with Crippen molar-refractivity contribution >= 4 is 5.91 Å². The average Bonchev–Trinajstić information content (AvgIpc) is 2.64. The third kappa shape index (κ3) is 3.08. The molecule has 4 heteroatoms. The number of hydrogen-bond donors (Lipinski definition) is 1. The molecule has 1 amide bonds. The zero-order chi connectivity index (χ0) is 13.0.